The van der Waals surface area contributed by atoms with Gasteiger partial charge in [-0.25, -0.2) is 4.79 Å². The van der Waals surface area contributed by atoms with Gasteiger partial charge in [-0.05, 0) is 25.1 Å². The normalized spacial score (nSPS) is 12.3. The lowest BCUT2D eigenvalue weighted by molar-refractivity contribution is 0.0598. The van der Waals surface area contributed by atoms with Crippen LogP contribution in [0.15, 0.2) is 35.3 Å². The molecule has 2 aromatic rings. The van der Waals surface area contributed by atoms with E-state index in [1.165, 1.54) is 19.4 Å². The van der Waals surface area contributed by atoms with Gasteiger partial charge in [-0.3, -0.25) is 4.79 Å². The van der Waals surface area contributed by atoms with Crippen LogP contribution in [-0.4, -0.2) is 24.4 Å². The number of hydrogen-bond donors (Lipinski definition) is 0. The summed E-state index contributed by atoms with van der Waals surface area (Å²) >= 11 is 0. The predicted molar refractivity (Wildman–Crippen MR) is 79.3 cm³/mol. The van der Waals surface area contributed by atoms with E-state index in [2.05, 4.69) is 4.74 Å². The Labute approximate surface area is 126 Å². The first-order valence-corrected chi connectivity index (χ1v) is 6.87. The van der Waals surface area contributed by atoms with Gasteiger partial charge in [0, 0.05) is 24.4 Å². The van der Waals surface area contributed by atoms with Gasteiger partial charge >= 0.3 is 5.97 Å². The first-order chi connectivity index (χ1) is 10.6. The molecule has 3 rings (SSSR count). The molecule has 0 bridgehead atoms. The van der Waals surface area contributed by atoms with Gasteiger partial charge in [0.25, 0.3) is 0 Å². The molecular formula is C16H15NO5. The lowest BCUT2D eigenvalue weighted by Crippen LogP contribution is -2.19. The zero-order valence-corrected chi connectivity index (χ0v) is 12.3. The van der Waals surface area contributed by atoms with Gasteiger partial charge in [0.2, 0.25) is 6.79 Å². The van der Waals surface area contributed by atoms with Gasteiger partial charge in [-0.2, -0.15) is 0 Å². The zero-order chi connectivity index (χ0) is 15.7. The molecule has 0 atom stereocenters. The fourth-order valence-electron chi connectivity index (χ4n) is 2.40. The number of aryl methyl sites for hydroxylation is 1. The maximum Gasteiger partial charge on any atom is 0.343 e. The van der Waals surface area contributed by atoms with Gasteiger partial charge < -0.3 is 18.8 Å². The van der Waals surface area contributed by atoms with E-state index < -0.39 is 5.97 Å². The van der Waals surface area contributed by atoms with Gasteiger partial charge in [-0.1, -0.05) is 0 Å². The average Bonchev–Trinajstić information content (AvgIpc) is 3.01. The maximum absolute atomic E-state index is 12.1. The number of rotatable bonds is 3. The second kappa shape index (κ2) is 5.55. The molecule has 22 heavy (non-hydrogen) atoms. The lowest BCUT2D eigenvalue weighted by atomic mass is 10.1. The van der Waals surface area contributed by atoms with Crippen molar-refractivity contribution in [3.05, 3.63) is 46.2 Å². The summed E-state index contributed by atoms with van der Waals surface area (Å²) in [6, 6.07) is 6.91. The Morgan fingerprint density at radius 3 is 2.77 bits per heavy atom. The molecule has 1 aromatic carbocycles. The molecule has 0 unspecified atom stereocenters. The van der Waals surface area contributed by atoms with Crippen molar-refractivity contribution in [1.29, 1.82) is 0 Å². The van der Waals surface area contributed by atoms with Crippen LogP contribution in [0, 0.1) is 0 Å². The van der Waals surface area contributed by atoms with E-state index in [1.54, 1.807) is 6.07 Å². The summed E-state index contributed by atoms with van der Waals surface area (Å²) < 4.78 is 17.1. The Balaban J connectivity index is 2.13. The molecule has 6 heteroatoms. The molecule has 0 N–H and O–H groups in total. The molecule has 0 fully saturated rings. The summed E-state index contributed by atoms with van der Waals surface area (Å²) in [6.45, 7) is 2.73. The quantitative estimate of drug-likeness (QED) is 0.812. The number of fused-ring (bicyclic) bond motifs is 1. The first-order valence-electron chi connectivity index (χ1n) is 6.87. The van der Waals surface area contributed by atoms with Gasteiger partial charge in [-0.15, -0.1) is 0 Å². The number of nitrogens with zero attached hydrogens (tertiary/aromatic N) is 1. The van der Waals surface area contributed by atoms with Crippen molar-refractivity contribution in [3.63, 3.8) is 0 Å². The zero-order valence-electron chi connectivity index (χ0n) is 12.3. The number of pyridine rings is 1. The summed E-state index contributed by atoms with van der Waals surface area (Å²) in [5, 5.41) is 0. The Hall–Kier alpha value is -2.76. The molecule has 0 spiro atoms. The second-order valence-electron chi connectivity index (χ2n) is 4.78. The highest BCUT2D eigenvalue weighted by Crippen LogP contribution is 2.35. The third-order valence-corrected chi connectivity index (χ3v) is 3.54. The highest BCUT2D eigenvalue weighted by molar-refractivity contribution is 5.89. The monoisotopic (exact) mass is 301 g/mol. The highest BCUT2D eigenvalue weighted by atomic mass is 16.7. The smallest absolute Gasteiger partial charge is 0.343 e. The minimum Gasteiger partial charge on any atom is -0.465 e. The van der Waals surface area contributed by atoms with Crippen molar-refractivity contribution >= 4 is 5.97 Å². The fraction of sp³-hybridized carbons (Fsp3) is 0.250. The molecule has 1 aliphatic heterocycles. The number of methoxy groups -OCH3 is 1. The van der Waals surface area contributed by atoms with E-state index in [0.717, 1.165) is 5.56 Å². The number of carbonyl (C=O) groups excluding carboxylic acids is 1. The Morgan fingerprint density at radius 1 is 1.27 bits per heavy atom. The van der Waals surface area contributed by atoms with Gasteiger partial charge in [0.15, 0.2) is 16.9 Å². The topological polar surface area (TPSA) is 66.8 Å². The van der Waals surface area contributed by atoms with Gasteiger partial charge in [0.1, 0.15) is 5.56 Å². The van der Waals surface area contributed by atoms with Crippen LogP contribution in [0.25, 0.3) is 11.3 Å². The number of ether oxygens (including phenoxy) is 3. The van der Waals surface area contributed by atoms with E-state index in [9.17, 15) is 9.59 Å². The van der Waals surface area contributed by atoms with E-state index in [1.807, 2.05) is 23.6 Å². The SMILES string of the molecule is CCn1cc(C(=O)OC)c(=O)cc1-c1ccc2c(c1)OCO2. The van der Waals surface area contributed by atoms with E-state index in [4.69, 9.17) is 9.47 Å². The molecule has 1 aliphatic rings. The van der Waals surface area contributed by atoms with Crippen LogP contribution in [0.2, 0.25) is 0 Å². The molecule has 0 radical (unpaired) electrons. The first kappa shape index (κ1) is 14.2. The third-order valence-electron chi connectivity index (χ3n) is 3.54. The van der Waals surface area contributed by atoms with Crippen LogP contribution < -0.4 is 14.9 Å². The van der Waals surface area contributed by atoms with Crippen molar-refractivity contribution in [2.75, 3.05) is 13.9 Å². The van der Waals surface area contributed by atoms with Crippen LogP contribution in [0.3, 0.4) is 0 Å². The van der Waals surface area contributed by atoms with E-state index >= 15 is 0 Å². The summed E-state index contributed by atoms with van der Waals surface area (Å²) in [6.07, 6.45) is 1.52. The lowest BCUT2D eigenvalue weighted by Gasteiger charge is -2.13. The number of esters is 1. The number of carbonyl (C=O) groups is 1. The molecule has 0 amide bonds. The minimum absolute atomic E-state index is 0.0221. The van der Waals surface area contributed by atoms with Crippen LogP contribution >= 0.6 is 0 Å². The number of aromatic nitrogens is 1. The van der Waals surface area contributed by atoms with Crippen molar-refractivity contribution in [2.24, 2.45) is 0 Å². The summed E-state index contributed by atoms with van der Waals surface area (Å²) in [7, 11) is 1.25. The van der Waals surface area contributed by atoms with E-state index in [-0.39, 0.29) is 17.8 Å². The standard InChI is InChI=1S/C16H15NO5/c1-3-17-8-11(16(19)20-2)13(18)7-12(17)10-4-5-14-15(6-10)22-9-21-14/h4-8H,3,9H2,1-2H3. The maximum atomic E-state index is 12.1. The summed E-state index contributed by atoms with van der Waals surface area (Å²) in [5.41, 5.74) is 1.18. The predicted octanol–water partition coefficient (Wildman–Crippen LogP) is 2.05. The Bertz CT molecular complexity index is 794. The van der Waals surface area contributed by atoms with Crippen molar-refractivity contribution in [2.45, 2.75) is 13.5 Å². The molecule has 1 aromatic heterocycles. The molecular weight excluding hydrogens is 286 g/mol. The van der Waals surface area contributed by atoms with Crippen LogP contribution in [0.5, 0.6) is 11.5 Å². The highest BCUT2D eigenvalue weighted by Gasteiger charge is 2.17. The molecule has 0 saturated heterocycles. The van der Waals surface area contributed by atoms with Gasteiger partial charge in [0.05, 0.1) is 12.8 Å². The van der Waals surface area contributed by atoms with Crippen molar-refractivity contribution in [1.82, 2.24) is 4.57 Å². The molecule has 2 heterocycles. The molecule has 0 aliphatic carbocycles. The molecule has 114 valence electrons. The van der Waals surface area contributed by atoms with Crippen molar-refractivity contribution < 1.29 is 19.0 Å². The second-order valence-corrected chi connectivity index (χ2v) is 4.78. The molecule has 6 nitrogen and oxygen atoms in total. The summed E-state index contributed by atoms with van der Waals surface area (Å²) in [5.74, 6) is 0.689. The average molecular weight is 301 g/mol. The third kappa shape index (κ3) is 2.32. The number of benzene rings is 1. The van der Waals surface area contributed by atoms with Crippen LogP contribution in [0.1, 0.15) is 17.3 Å². The van der Waals surface area contributed by atoms with E-state index in [0.29, 0.717) is 23.7 Å². The largest absolute Gasteiger partial charge is 0.465 e. The fourth-order valence-corrected chi connectivity index (χ4v) is 2.40. The molecule has 0 saturated carbocycles. The number of hydrogen-bond acceptors (Lipinski definition) is 5. The Kier molecular flexibility index (Phi) is 3.58. The summed E-state index contributed by atoms with van der Waals surface area (Å²) in [4.78, 5) is 23.8. The minimum atomic E-state index is -0.635. The van der Waals surface area contributed by atoms with Crippen LogP contribution in [0.4, 0.5) is 0 Å². The van der Waals surface area contributed by atoms with Crippen molar-refractivity contribution in [3.8, 4) is 22.8 Å². The van der Waals surface area contributed by atoms with Crippen LogP contribution in [-0.2, 0) is 11.3 Å². The Morgan fingerprint density at radius 2 is 2.05 bits per heavy atom.